The molecule has 0 saturated heterocycles. The number of hydrogen-bond acceptors (Lipinski definition) is 3. The number of carbonyl (C=O) groups excluding carboxylic acids is 2. The topological polar surface area (TPSA) is 58.2 Å². The van der Waals surface area contributed by atoms with Gasteiger partial charge in [-0.05, 0) is 42.5 Å². The molecule has 2 aliphatic rings. The molecule has 1 heterocycles. The maximum Gasteiger partial charge on any atom is 0.254 e. The summed E-state index contributed by atoms with van der Waals surface area (Å²) in [5.41, 5.74) is 3.89. The van der Waals surface area contributed by atoms with Crippen molar-refractivity contribution in [3.8, 4) is 0 Å². The Morgan fingerprint density at radius 2 is 1.83 bits per heavy atom. The van der Waals surface area contributed by atoms with Crippen molar-refractivity contribution >= 4 is 17.4 Å². The Kier molecular flexibility index (Phi) is 5.06. The highest BCUT2D eigenvalue weighted by molar-refractivity contribution is 6.09. The molecule has 0 unspecified atom stereocenters. The highest BCUT2D eigenvalue weighted by atomic mass is 19.1. The van der Waals surface area contributed by atoms with Gasteiger partial charge >= 0.3 is 0 Å². The van der Waals surface area contributed by atoms with E-state index in [9.17, 15) is 14.0 Å². The summed E-state index contributed by atoms with van der Waals surface area (Å²) in [7, 11) is 0. The first-order valence-corrected chi connectivity index (χ1v) is 10.1. The Balaban J connectivity index is 1.79. The van der Waals surface area contributed by atoms with E-state index >= 15 is 0 Å². The van der Waals surface area contributed by atoms with Crippen LogP contribution in [0.25, 0.3) is 0 Å². The summed E-state index contributed by atoms with van der Waals surface area (Å²) in [5, 5.41) is 6.13. The van der Waals surface area contributed by atoms with Crippen LogP contribution in [0.2, 0.25) is 0 Å². The molecule has 1 amide bonds. The summed E-state index contributed by atoms with van der Waals surface area (Å²) in [6, 6.07) is 15.4. The lowest BCUT2D eigenvalue weighted by atomic mass is 9.68. The number of nitrogens with one attached hydrogen (secondary N) is 2. The second-order valence-electron chi connectivity index (χ2n) is 8.81. The van der Waals surface area contributed by atoms with Gasteiger partial charge in [-0.25, -0.2) is 4.39 Å². The Labute approximate surface area is 175 Å². The zero-order valence-corrected chi connectivity index (χ0v) is 17.4. The van der Waals surface area contributed by atoms with Crippen LogP contribution in [0.5, 0.6) is 0 Å². The fraction of sp³-hybridized carbons (Fsp3) is 0.280. The smallest absolute Gasteiger partial charge is 0.254 e. The lowest BCUT2D eigenvalue weighted by molar-refractivity contribution is -0.118. The quantitative estimate of drug-likeness (QED) is 0.751. The molecule has 0 bridgehead atoms. The van der Waals surface area contributed by atoms with Crippen LogP contribution in [-0.4, -0.2) is 11.7 Å². The molecule has 1 atom stereocenters. The van der Waals surface area contributed by atoms with E-state index in [-0.39, 0.29) is 17.1 Å². The fourth-order valence-corrected chi connectivity index (χ4v) is 4.48. The molecule has 4 rings (SSSR count). The molecule has 4 nitrogen and oxygen atoms in total. The predicted molar refractivity (Wildman–Crippen MR) is 115 cm³/mol. The number of halogens is 1. The van der Waals surface area contributed by atoms with Gasteiger partial charge in [-0.1, -0.05) is 50.2 Å². The van der Waals surface area contributed by atoms with Crippen molar-refractivity contribution in [1.82, 2.24) is 5.32 Å². The van der Waals surface area contributed by atoms with Crippen molar-refractivity contribution in [3.05, 3.63) is 88.5 Å². The molecule has 2 N–H and O–H groups in total. The normalized spacial score (nSPS) is 20.5. The number of carbonyl (C=O) groups is 2. The van der Waals surface area contributed by atoms with Gasteiger partial charge in [-0.2, -0.15) is 0 Å². The minimum absolute atomic E-state index is 0.0613. The van der Waals surface area contributed by atoms with Crippen molar-refractivity contribution in [3.63, 3.8) is 0 Å². The number of amides is 1. The van der Waals surface area contributed by atoms with E-state index in [2.05, 4.69) is 24.5 Å². The SMILES string of the molecule is CC1=C(C(=O)Nc2cccc(F)c2)[C@H](c2ccccc2)C2=C(CC(C)(C)CC2=O)N1. The van der Waals surface area contributed by atoms with Crippen molar-refractivity contribution in [2.45, 2.75) is 39.5 Å². The van der Waals surface area contributed by atoms with Gasteiger partial charge in [0.1, 0.15) is 5.82 Å². The molecule has 2 aromatic rings. The second kappa shape index (κ2) is 7.56. The van der Waals surface area contributed by atoms with E-state index in [0.29, 0.717) is 29.0 Å². The average molecular weight is 404 g/mol. The van der Waals surface area contributed by atoms with Gasteiger partial charge in [0.05, 0.1) is 0 Å². The van der Waals surface area contributed by atoms with Crippen LogP contribution in [0.4, 0.5) is 10.1 Å². The van der Waals surface area contributed by atoms with Crippen LogP contribution in [-0.2, 0) is 9.59 Å². The maximum absolute atomic E-state index is 13.6. The summed E-state index contributed by atoms with van der Waals surface area (Å²) in [4.78, 5) is 26.5. The summed E-state index contributed by atoms with van der Waals surface area (Å²) < 4.78 is 13.6. The Morgan fingerprint density at radius 1 is 1.10 bits per heavy atom. The standard InChI is InChI=1S/C25H25FN2O2/c1-15-21(24(30)28-18-11-7-10-17(26)12-18)22(16-8-5-4-6-9-16)23-19(27-15)13-25(2,3)14-20(23)29/h4-12,22,27H,13-14H2,1-3H3,(H,28,30)/t22-/m0/s1. The lowest BCUT2D eigenvalue weighted by Gasteiger charge is -2.39. The van der Waals surface area contributed by atoms with Gasteiger partial charge in [-0.3, -0.25) is 9.59 Å². The molecule has 0 radical (unpaired) electrons. The first kappa shape index (κ1) is 20.1. The number of dihydropyridines is 1. The van der Waals surface area contributed by atoms with Crippen LogP contribution in [0.1, 0.15) is 45.1 Å². The monoisotopic (exact) mass is 404 g/mol. The minimum atomic E-state index is -0.459. The molecule has 0 spiro atoms. The van der Waals surface area contributed by atoms with Crippen LogP contribution in [0.15, 0.2) is 77.1 Å². The zero-order chi connectivity index (χ0) is 21.5. The number of Topliss-reactive ketones (excluding diaryl/α,β-unsaturated/α-hetero) is 1. The molecule has 2 aromatic carbocycles. The molecular formula is C25H25FN2O2. The molecule has 0 aromatic heterocycles. The average Bonchev–Trinajstić information content (AvgIpc) is 2.66. The molecule has 30 heavy (non-hydrogen) atoms. The number of hydrogen-bond donors (Lipinski definition) is 2. The molecule has 0 fully saturated rings. The number of allylic oxidation sites excluding steroid dienone is 3. The number of benzene rings is 2. The molecule has 5 heteroatoms. The van der Waals surface area contributed by atoms with E-state index < -0.39 is 11.7 Å². The van der Waals surface area contributed by atoms with Crippen LogP contribution in [0, 0.1) is 11.2 Å². The Hall–Kier alpha value is -3.21. The largest absolute Gasteiger partial charge is 0.362 e. The summed E-state index contributed by atoms with van der Waals surface area (Å²) in [6.07, 6.45) is 1.18. The van der Waals surface area contributed by atoms with Crippen LogP contribution >= 0.6 is 0 Å². The maximum atomic E-state index is 13.6. The first-order chi connectivity index (χ1) is 14.2. The number of rotatable bonds is 3. The van der Waals surface area contributed by atoms with Crippen molar-refractivity contribution in [1.29, 1.82) is 0 Å². The van der Waals surface area contributed by atoms with Gasteiger partial charge in [0.25, 0.3) is 5.91 Å². The van der Waals surface area contributed by atoms with Crippen molar-refractivity contribution in [2.75, 3.05) is 5.32 Å². The third-order valence-electron chi connectivity index (χ3n) is 5.70. The zero-order valence-electron chi connectivity index (χ0n) is 17.4. The first-order valence-electron chi connectivity index (χ1n) is 10.1. The highest BCUT2D eigenvalue weighted by Gasteiger charge is 2.42. The van der Waals surface area contributed by atoms with Gasteiger partial charge in [-0.15, -0.1) is 0 Å². The van der Waals surface area contributed by atoms with Crippen LogP contribution < -0.4 is 10.6 Å². The molecule has 1 aliphatic heterocycles. The lowest BCUT2D eigenvalue weighted by Crippen LogP contribution is -2.39. The minimum Gasteiger partial charge on any atom is -0.362 e. The Bertz CT molecular complexity index is 1080. The summed E-state index contributed by atoms with van der Waals surface area (Å²) >= 11 is 0. The molecule has 1 aliphatic carbocycles. The van der Waals surface area contributed by atoms with E-state index in [1.165, 1.54) is 12.1 Å². The summed E-state index contributed by atoms with van der Waals surface area (Å²) in [6.45, 7) is 6.02. The van der Waals surface area contributed by atoms with E-state index in [1.54, 1.807) is 12.1 Å². The van der Waals surface area contributed by atoms with Gasteiger partial charge in [0.2, 0.25) is 0 Å². The molecule has 154 valence electrons. The molecular weight excluding hydrogens is 379 g/mol. The van der Waals surface area contributed by atoms with E-state index in [0.717, 1.165) is 17.7 Å². The number of anilines is 1. The predicted octanol–water partition coefficient (Wildman–Crippen LogP) is 5.07. The van der Waals surface area contributed by atoms with Crippen molar-refractivity contribution in [2.24, 2.45) is 5.41 Å². The molecule has 0 saturated carbocycles. The second-order valence-corrected chi connectivity index (χ2v) is 8.81. The van der Waals surface area contributed by atoms with Crippen molar-refractivity contribution < 1.29 is 14.0 Å². The van der Waals surface area contributed by atoms with Gasteiger partial charge in [0.15, 0.2) is 5.78 Å². The number of ketones is 1. The fourth-order valence-electron chi connectivity index (χ4n) is 4.48. The third-order valence-corrected chi connectivity index (χ3v) is 5.70. The van der Waals surface area contributed by atoms with Crippen LogP contribution in [0.3, 0.4) is 0 Å². The highest BCUT2D eigenvalue weighted by Crippen LogP contribution is 2.46. The van der Waals surface area contributed by atoms with E-state index in [4.69, 9.17) is 0 Å². The third kappa shape index (κ3) is 3.80. The van der Waals surface area contributed by atoms with Gasteiger partial charge in [0, 0.05) is 40.6 Å². The van der Waals surface area contributed by atoms with Gasteiger partial charge < -0.3 is 10.6 Å². The summed E-state index contributed by atoms with van der Waals surface area (Å²) in [5.74, 6) is -1.16. The van der Waals surface area contributed by atoms with E-state index in [1.807, 2.05) is 37.3 Å². The Morgan fingerprint density at radius 3 is 2.53 bits per heavy atom.